The van der Waals surface area contributed by atoms with Gasteiger partial charge in [0.15, 0.2) is 0 Å². The number of hydrogen-bond donors (Lipinski definition) is 1. The van der Waals surface area contributed by atoms with E-state index >= 15 is 0 Å². The zero-order valence-corrected chi connectivity index (χ0v) is 14.3. The van der Waals surface area contributed by atoms with E-state index in [1.807, 2.05) is 0 Å². The molecule has 0 radical (unpaired) electrons. The van der Waals surface area contributed by atoms with Crippen molar-refractivity contribution in [2.75, 3.05) is 6.54 Å². The molecule has 0 saturated heterocycles. The summed E-state index contributed by atoms with van der Waals surface area (Å²) in [7, 11) is 0. The molecule has 1 aromatic rings. The molecule has 2 rings (SSSR count). The lowest BCUT2D eigenvalue weighted by molar-refractivity contribution is 0.402. The van der Waals surface area contributed by atoms with E-state index in [0.717, 1.165) is 12.5 Å². The van der Waals surface area contributed by atoms with E-state index < -0.39 is 0 Å². The van der Waals surface area contributed by atoms with Gasteiger partial charge in [-0.05, 0) is 68.7 Å². The Hall–Kier alpha value is -0.820. The third-order valence-corrected chi connectivity index (χ3v) is 5.13. The Kier molecular flexibility index (Phi) is 6.76. The molecule has 1 heteroatoms. The Morgan fingerprint density at radius 1 is 1.14 bits per heavy atom. The van der Waals surface area contributed by atoms with Gasteiger partial charge < -0.3 is 5.32 Å². The van der Waals surface area contributed by atoms with Gasteiger partial charge in [0.05, 0.1) is 0 Å². The quantitative estimate of drug-likeness (QED) is 0.694. The van der Waals surface area contributed by atoms with Gasteiger partial charge >= 0.3 is 0 Å². The van der Waals surface area contributed by atoms with Crippen LogP contribution in [0.15, 0.2) is 18.2 Å². The van der Waals surface area contributed by atoms with Crippen LogP contribution < -0.4 is 5.32 Å². The molecule has 0 aliphatic heterocycles. The maximum atomic E-state index is 3.78. The number of nitrogens with one attached hydrogen (secondary N) is 1. The van der Waals surface area contributed by atoms with Crippen LogP contribution in [0.4, 0.5) is 0 Å². The number of rotatable bonds is 8. The van der Waals surface area contributed by atoms with Gasteiger partial charge in [0.2, 0.25) is 0 Å². The van der Waals surface area contributed by atoms with Crippen molar-refractivity contribution < 1.29 is 0 Å². The molecule has 21 heavy (non-hydrogen) atoms. The molecule has 1 fully saturated rings. The molecular formula is C20H33N. The first-order valence-electron chi connectivity index (χ1n) is 8.98. The molecule has 0 aromatic heterocycles. The zero-order valence-electron chi connectivity index (χ0n) is 14.3. The van der Waals surface area contributed by atoms with Crippen LogP contribution in [0.1, 0.15) is 68.6 Å². The highest BCUT2D eigenvalue weighted by molar-refractivity contribution is 5.30. The van der Waals surface area contributed by atoms with E-state index in [2.05, 4.69) is 44.3 Å². The summed E-state index contributed by atoms with van der Waals surface area (Å²) in [6.07, 6.45) is 11.1. The van der Waals surface area contributed by atoms with Crippen LogP contribution in [0.2, 0.25) is 0 Å². The van der Waals surface area contributed by atoms with Gasteiger partial charge in [-0.3, -0.25) is 0 Å². The normalized spacial score (nSPS) is 17.3. The fraction of sp³-hybridized carbons (Fsp3) is 0.700. The molecule has 1 aromatic carbocycles. The van der Waals surface area contributed by atoms with Crippen molar-refractivity contribution in [3.8, 4) is 0 Å². The predicted molar refractivity (Wildman–Crippen MR) is 92.9 cm³/mol. The van der Waals surface area contributed by atoms with Crippen molar-refractivity contribution in [3.05, 3.63) is 34.9 Å². The van der Waals surface area contributed by atoms with Gasteiger partial charge in [-0.2, -0.15) is 0 Å². The van der Waals surface area contributed by atoms with Crippen LogP contribution in [0, 0.1) is 19.8 Å². The summed E-state index contributed by atoms with van der Waals surface area (Å²) in [5, 5.41) is 3.78. The third-order valence-electron chi connectivity index (χ3n) is 5.13. The zero-order chi connectivity index (χ0) is 15.1. The smallest absolute Gasteiger partial charge is 0.0108 e. The minimum absolute atomic E-state index is 0.660. The average molecular weight is 287 g/mol. The van der Waals surface area contributed by atoms with E-state index in [9.17, 15) is 0 Å². The van der Waals surface area contributed by atoms with Crippen LogP contribution in [-0.2, 0) is 6.42 Å². The molecule has 1 N–H and O–H groups in total. The summed E-state index contributed by atoms with van der Waals surface area (Å²) in [5.41, 5.74) is 4.33. The summed E-state index contributed by atoms with van der Waals surface area (Å²) in [4.78, 5) is 0. The van der Waals surface area contributed by atoms with Crippen LogP contribution in [0.3, 0.4) is 0 Å². The molecule has 0 heterocycles. The van der Waals surface area contributed by atoms with Crippen LogP contribution in [0.25, 0.3) is 0 Å². The van der Waals surface area contributed by atoms with Gasteiger partial charge in [0.25, 0.3) is 0 Å². The maximum Gasteiger partial charge on any atom is 0.0108 e. The fourth-order valence-corrected chi connectivity index (χ4v) is 3.58. The molecule has 1 nitrogen and oxygen atoms in total. The first-order chi connectivity index (χ1) is 10.2. The average Bonchev–Trinajstić information content (AvgIpc) is 2.99. The number of benzene rings is 1. The lowest BCUT2D eigenvalue weighted by atomic mass is 9.94. The molecule has 1 saturated carbocycles. The van der Waals surface area contributed by atoms with Crippen LogP contribution >= 0.6 is 0 Å². The van der Waals surface area contributed by atoms with E-state index in [1.54, 1.807) is 0 Å². The van der Waals surface area contributed by atoms with Crippen molar-refractivity contribution in [2.45, 2.75) is 78.2 Å². The largest absolute Gasteiger partial charge is 0.314 e. The Bertz CT molecular complexity index is 418. The Morgan fingerprint density at radius 3 is 2.57 bits per heavy atom. The van der Waals surface area contributed by atoms with E-state index in [1.165, 1.54) is 68.1 Å². The maximum absolute atomic E-state index is 3.78. The lowest BCUT2D eigenvalue weighted by Gasteiger charge is -2.21. The summed E-state index contributed by atoms with van der Waals surface area (Å²) in [6, 6.07) is 7.63. The van der Waals surface area contributed by atoms with Gasteiger partial charge in [-0.1, -0.05) is 50.8 Å². The summed E-state index contributed by atoms with van der Waals surface area (Å²) in [5.74, 6) is 1.01. The highest BCUT2D eigenvalue weighted by atomic mass is 14.9. The first kappa shape index (κ1) is 16.5. The first-order valence-corrected chi connectivity index (χ1v) is 8.98. The molecule has 0 spiro atoms. The predicted octanol–water partition coefficient (Wildman–Crippen LogP) is 5.18. The molecule has 1 aliphatic carbocycles. The fourth-order valence-electron chi connectivity index (χ4n) is 3.58. The van der Waals surface area contributed by atoms with Crippen molar-refractivity contribution in [1.29, 1.82) is 0 Å². The Morgan fingerprint density at radius 2 is 1.90 bits per heavy atom. The second-order valence-corrected chi connectivity index (χ2v) is 7.00. The Balaban J connectivity index is 1.89. The highest BCUT2D eigenvalue weighted by Gasteiger charge is 2.17. The molecule has 0 bridgehead atoms. The standard InChI is InChI=1S/C20H33N/c1-4-13-21-20(12-11-18-7-5-6-8-18)15-19-10-9-16(2)17(3)14-19/h9-10,14,18,20-21H,4-8,11-13,15H2,1-3H3. The molecule has 118 valence electrons. The molecule has 1 unspecified atom stereocenters. The highest BCUT2D eigenvalue weighted by Crippen LogP contribution is 2.29. The SMILES string of the molecule is CCCNC(CCC1CCCC1)Cc1ccc(C)c(C)c1. The monoisotopic (exact) mass is 287 g/mol. The van der Waals surface area contributed by atoms with Crippen molar-refractivity contribution in [1.82, 2.24) is 5.32 Å². The summed E-state index contributed by atoms with van der Waals surface area (Å²) < 4.78 is 0. The van der Waals surface area contributed by atoms with Gasteiger partial charge in [-0.15, -0.1) is 0 Å². The minimum atomic E-state index is 0.660. The number of aryl methyl sites for hydroxylation is 2. The van der Waals surface area contributed by atoms with Crippen LogP contribution in [0.5, 0.6) is 0 Å². The van der Waals surface area contributed by atoms with Crippen molar-refractivity contribution >= 4 is 0 Å². The van der Waals surface area contributed by atoms with Gasteiger partial charge in [0.1, 0.15) is 0 Å². The van der Waals surface area contributed by atoms with Crippen molar-refractivity contribution in [2.24, 2.45) is 5.92 Å². The van der Waals surface area contributed by atoms with Crippen LogP contribution in [-0.4, -0.2) is 12.6 Å². The number of hydrogen-bond acceptors (Lipinski definition) is 1. The topological polar surface area (TPSA) is 12.0 Å². The van der Waals surface area contributed by atoms with Gasteiger partial charge in [0, 0.05) is 6.04 Å². The van der Waals surface area contributed by atoms with Crippen molar-refractivity contribution in [3.63, 3.8) is 0 Å². The summed E-state index contributed by atoms with van der Waals surface area (Å²) in [6.45, 7) is 7.84. The minimum Gasteiger partial charge on any atom is -0.314 e. The van der Waals surface area contributed by atoms with Gasteiger partial charge in [-0.25, -0.2) is 0 Å². The lowest BCUT2D eigenvalue weighted by Crippen LogP contribution is -2.32. The molecule has 0 amide bonds. The van der Waals surface area contributed by atoms with E-state index in [-0.39, 0.29) is 0 Å². The Labute approximate surface area is 131 Å². The second kappa shape index (κ2) is 8.58. The molecular weight excluding hydrogens is 254 g/mol. The second-order valence-electron chi connectivity index (χ2n) is 7.00. The summed E-state index contributed by atoms with van der Waals surface area (Å²) >= 11 is 0. The molecule has 1 aliphatic rings. The molecule has 1 atom stereocenters. The van der Waals surface area contributed by atoms with E-state index in [0.29, 0.717) is 6.04 Å². The van der Waals surface area contributed by atoms with E-state index in [4.69, 9.17) is 0 Å². The third kappa shape index (κ3) is 5.47.